The lowest BCUT2D eigenvalue weighted by molar-refractivity contribution is -0.113. The molecule has 1 atom stereocenters. The molecule has 0 aliphatic carbocycles. The van der Waals surface area contributed by atoms with Crippen LogP contribution in [-0.4, -0.2) is 34.9 Å². The van der Waals surface area contributed by atoms with Crippen molar-refractivity contribution in [3.8, 4) is 17.2 Å². The monoisotopic (exact) mass is 531 g/mol. The van der Waals surface area contributed by atoms with Gasteiger partial charge in [0.05, 0.1) is 30.5 Å². The van der Waals surface area contributed by atoms with Crippen LogP contribution >= 0.6 is 11.6 Å². The van der Waals surface area contributed by atoms with Gasteiger partial charge in [-0.3, -0.25) is 4.79 Å². The number of aromatic nitrogens is 3. The van der Waals surface area contributed by atoms with Gasteiger partial charge in [0.1, 0.15) is 36.2 Å². The Morgan fingerprint density at radius 2 is 1.84 bits per heavy atom. The minimum Gasteiger partial charge on any atom is -0.495 e. The lowest BCUT2D eigenvalue weighted by Crippen LogP contribution is -2.31. The Hall–Kier alpha value is -4.50. The summed E-state index contributed by atoms with van der Waals surface area (Å²) in [6.07, 6.45) is 1.45. The van der Waals surface area contributed by atoms with Gasteiger partial charge in [-0.05, 0) is 30.2 Å². The van der Waals surface area contributed by atoms with E-state index in [0.717, 1.165) is 11.1 Å². The number of halogens is 1. The normalized spacial score (nSPS) is 14.4. The lowest BCUT2D eigenvalue weighted by atomic mass is 9.94. The molecule has 1 amide bonds. The fourth-order valence-electron chi connectivity index (χ4n) is 4.36. The second-order valence-corrected chi connectivity index (χ2v) is 8.99. The standard InChI is InChI=1S/C28H26ClN5O4/c1-17-25(27(35)33-22-14-23(36-2)21(29)13-24(22)37-3)26(34-28(32-17)30-16-31-34)19-10-7-11-20(12-19)38-15-18-8-5-4-6-9-18/h4-14,16,26H,15H2,1-3H3,(H,33,35)(H,30,31,32). The minimum absolute atomic E-state index is 0.348. The van der Waals surface area contributed by atoms with Crippen molar-refractivity contribution >= 4 is 29.1 Å². The van der Waals surface area contributed by atoms with Crippen molar-refractivity contribution in [2.24, 2.45) is 0 Å². The molecule has 1 aliphatic rings. The highest BCUT2D eigenvalue weighted by Crippen LogP contribution is 2.39. The summed E-state index contributed by atoms with van der Waals surface area (Å²) < 4.78 is 18.5. The van der Waals surface area contributed by atoms with Crippen molar-refractivity contribution in [2.45, 2.75) is 19.6 Å². The Morgan fingerprint density at radius 1 is 1.05 bits per heavy atom. The van der Waals surface area contributed by atoms with E-state index in [1.54, 1.807) is 16.8 Å². The number of fused-ring (bicyclic) bond motifs is 1. The van der Waals surface area contributed by atoms with Gasteiger partial charge in [-0.15, -0.1) is 0 Å². The van der Waals surface area contributed by atoms with Crippen molar-refractivity contribution < 1.29 is 19.0 Å². The quantitative estimate of drug-likeness (QED) is 0.311. The zero-order valence-corrected chi connectivity index (χ0v) is 21.8. The molecular formula is C28H26ClN5O4. The van der Waals surface area contributed by atoms with Gasteiger partial charge in [-0.2, -0.15) is 10.1 Å². The number of carbonyl (C=O) groups excluding carboxylic acids is 1. The third-order valence-corrected chi connectivity index (χ3v) is 6.48. The average molecular weight is 532 g/mol. The molecule has 0 bridgehead atoms. The van der Waals surface area contributed by atoms with E-state index in [1.807, 2.05) is 61.5 Å². The number of amides is 1. The highest BCUT2D eigenvalue weighted by atomic mass is 35.5. The first-order valence-electron chi connectivity index (χ1n) is 11.9. The predicted molar refractivity (Wildman–Crippen MR) is 145 cm³/mol. The van der Waals surface area contributed by atoms with Gasteiger partial charge in [0, 0.05) is 17.8 Å². The van der Waals surface area contributed by atoms with Crippen molar-refractivity contribution in [3.63, 3.8) is 0 Å². The number of rotatable bonds is 8. The van der Waals surface area contributed by atoms with Crippen molar-refractivity contribution in [3.05, 3.63) is 100 Å². The van der Waals surface area contributed by atoms with Crippen LogP contribution in [0.1, 0.15) is 24.1 Å². The fourth-order valence-corrected chi connectivity index (χ4v) is 4.59. The van der Waals surface area contributed by atoms with Crippen LogP contribution in [0.15, 0.2) is 84.3 Å². The van der Waals surface area contributed by atoms with E-state index in [4.69, 9.17) is 25.8 Å². The van der Waals surface area contributed by atoms with Gasteiger partial charge in [0.2, 0.25) is 5.95 Å². The van der Waals surface area contributed by atoms with E-state index in [9.17, 15) is 4.79 Å². The van der Waals surface area contributed by atoms with E-state index in [2.05, 4.69) is 20.7 Å². The van der Waals surface area contributed by atoms with Crippen LogP contribution < -0.4 is 24.8 Å². The topological polar surface area (TPSA) is 99.5 Å². The van der Waals surface area contributed by atoms with Gasteiger partial charge >= 0.3 is 0 Å². The first-order chi connectivity index (χ1) is 18.5. The molecule has 2 N–H and O–H groups in total. The number of benzene rings is 3. The highest BCUT2D eigenvalue weighted by molar-refractivity contribution is 6.32. The van der Waals surface area contributed by atoms with Gasteiger partial charge in [0.25, 0.3) is 5.91 Å². The number of methoxy groups -OCH3 is 2. The maximum absolute atomic E-state index is 13.8. The Labute approximate surface area is 225 Å². The summed E-state index contributed by atoms with van der Waals surface area (Å²) in [5.74, 6) is 1.67. The summed E-state index contributed by atoms with van der Waals surface area (Å²) in [5, 5.41) is 10.9. The van der Waals surface area contributed by atoms with Crippen LogP contribution in [-0.2, 0) is 11.4 Å². The maximum atomic E-state index is 13.8. The highest BCUT2D eigenvalue weighted by Gasteiger charge is 2.34. The molecule has 10 heteroatoms. The number of nitrogens with one attached hydrogen (secondary N) is 2. The van der Waals surface area contributed by atoms with Crippen molar-refractivity contribution in [2.75, 3.05) is 24.9 Å². The molecule has 1 aromatic heterocycles. The van der Waals surface area contributed by atoms with Gasteiger partial charge in [-0.25, -0.2) is 4.68 Å². The molecule has 4 aromatic rings. The molecule has 194 valence electrons. The number of ether oxygens (including phenoxy) is 3. The zero-order valence-electron chi connectivity index (χ0n) is 21.1. The van der Waals surface area contributed by atoms with E-state index >= 15 is 0 Å². The number of nitrogens with zero attached hydrogens (tertiary/aromatic N) is 3. The molecule has 0 saturated heterocycles. The lowest BCUT2D eigenvalue weighted by Gasteiger charge is -2.29. The van der Waals surface area contributed by atoms with Crippen LogP contribution in [0.2, 0.25) is 5.02 Å². The predicted octanol–water partition coefficient (Wildman–Crippen LogP) is 5.46. The van der Waals surface area contributed by atoms with Gasteiger partial charge in [-0.1, -0.05) is 54.1 Å². The maximum Gasteiger partial charge on any atom is 0.255 e. The summed E-state index contributed by atoms with van der Waals surface area (Å²) in [4.78, 5) is 18.1. The summed E-state index contributed by atoms with van der Waals surface area (Å²) in [7, 11) is 3.01. The van der Waals surface area contributed by atoms with E-state index in [1.165, 1.54) is 20.5 Å². The number of allylic oxidation sites excluding steroid dienone is 1. The van der Waals surface area contributed by atoms with E-state index in [-0.39, 0.29) is 5.91 Å². The fraction of sp³-hybridized carbons (Fsp3) is 0.179. The first-order valence-corrected chi connectivity index (χ1v) is 12.2. The van der Waals surface area contributed by atoms with Crippen LogP contribution in [0, 0.1) is 0 Å². The number of carbonyl (C=O) groups is 1. The second-order valence-electron chi connectivity index (χ2n) is 8.58. The molecule has 1 unspecified atom stereocenters. The molecule has 1 aliphatic heterocycles. The Kier molecular flexibility index (Phi) is 7.19. The van der Waals surface area contributed by atoms with E-state index < -0.39 is 6.04 Å². The first kappa shape index (κ1) is 25.2. The molecule has 0 spiro atoms. The molecule has 2 heterocycles. The van der Waals surface area contributed by atoms with Crippen molar-refractivity contribution in [1.29, 1.82) is 0 Å². The Morgan fingerprint density at radius 3 is 2.61 bits per heavy atom. The van der Waals surface area contributed by atoms with Crippen LogP contribution in [0.5, 0.6) is 17.2 Å². The minimum atomic E-state index is -0.561. The largest absolute Gasteiger partial charge is 0.495 e. The third kappa shape index (κ3) is 5.01. The van der Waals surface area contributed by atoms with E-state index in [0.29, 0.717) is 51.8 Å². The summed E-state index contributed by atoms with van der Waals surface area (Å²) in [6.45, 7) is 2.25. The molecule has 3 aromatic carbocycles. The Bertz CT molecular complexity index is 1500. The molecule has 0 saturated carbocycles. The molecular weight excluding hydrogens is 506 g/mol. The van der Waals surface area contributed by atoms with Crippen LogP contribution in [0.25, 0.3) is 0 Å². The third-order valence-electron chi connectivity index (χ3n) is 6.18. The molecule has 0 radical (unpaired) electrons. The second kappa shape index (κ2) is 10.9. The Balaban J connectivity index is 1.49. The number of hydrogen-bond acceptors (Lipinski definition) is 7. The van der Waals surface area contributed by atoms with Gasteiger partial charge < -0.3 is 24.8 Å². The average Bonchev–Trinajstić information content (AvgIpc) is 3.40. The SMILES string of the molecule is COc1cc(NC(=O)C2=C(C)Nc3ncnn3C2c2cccc(OCc3ccccc3)c2)c(OC)cc1Cl. The molecule has 5 rings (SSSR count). The molecule has 38 heavy (non-hydrogen) atoms. The number of anilines is 2. The number of hydrogen-bond donors (Lipinski definition) is 2. The molecule has 9 nitrogen and oxygen atoms in total. The summed E-state index contributed by atoms with van der Waals surface area (Å²) in [5.41, 5.74) is 3.39. The van der Waals surface area contributed by atoms with Crippen LogP contribution in [0.3, 0.4) is 0 Å². The molecule has 0 fully saturated rings. The van der Waals surface area contributed by atoms with Crippen LogP contribution in [0.4, 0.5) is 11.6 Å². The summed E-state index contributed by atoms with van der Waals surface area (Å²) in [6, 6.07) is 20.2. The van der Waals surface area contributed by atoms with Gasteiger partial charge in [0.15, 0.2) is 0 Å². The summed E-state index contributed by atoms with van der Waals surface area (Å²) >= 11 is 6.25. The van der Waals surface area contributed by atoms with Crippen molar-refractivity contribution in [1.82, 2.24) is 14.8 Å². The zero-order chi connectivity index (χ0) is 26.6. The smallest absolute Gasteiger partial charge is 0.255 e.